The molecule has 0 aliphatic rings. The summed E-state index contributed by atoms with van der Waals surface area (Å²) >= 11 is 0. The highest BCUT2D eigenvalue weighted by Crippen LogP contribution is 2.23. The fraction of sp³-hybridized carbons (Fsp3) is 0.375. The van der Waals surface area contributed by atoms with Crippen molar-refractivity contribution in [2.75, 3.05) is 20.1 Å². The summed E-state index contributed by atoms with van der Waals surface area (Å²) in [5.41, 5.74) is 7.91. The molecule has 0 bridgehead atoms. The number of nitrogens with one attached hydrogen (secondary N) is 1. The molecule has 2 rings (SSSR count). The number of hydrogen-bond donors (Lipinski definition) is 2. The molecule has 1 aromatic heterocycles. The van der Waals surface area contributed by atoms with Gasteiger partial charge in [0.05, 0.1) is 17.5 Å². The lowest BCUT2D eigenvalue weighted by Crippen LogP contribution is -2.39. The van der Waals surface area contributed by atoms with E-state index < -0.39 is 0 Å². The zero-order valence-electron chi connectivity index (χ0n) is 12.8. The third-order valence-corrected chi connectivity index (χ3v) is 3.50. The molecule has 3 N–H and O–H groups in total. The van der Waals surface area contributed by atoms with E-state index in [-0.39, 0.29) is 11.3 Å². The lowest BCUT2D eigenvalue weighted by Gasteiger charge is -2.29. The van der Waals surface area contributed by atoms with E-state index in [0.717, 1.165) is 11.3 Å². The minimum absolute atomic E-state index is 0.0517. The van der Waals surface area contributed by atoms with Crippen LogP contribution >= 0.6 is 0 Å². The molecule has 5 nitrogen and oxygen atoms in total. The Kier molecular flexibility index (Phi) is 4.43. The topological polar surface area (TPSA) is 75.0 Å². The summed E-state index contributed by atoms with van der Waals surface area (Å²) in [5.74, 6) is -0.0517. The number of hydrogen-bond acceptors (Lipinski definition) is 3. The van der Waals surface area contributed by atoms with Crippen molar-refractivity contribution in [2.45, 2.75) is 13.8 Å². The SMILES string of the molecule is CN(CC(C)(C)CN)C(=O)c1cn[nH]c1-c1ccccc1. The number of rotatable bonds is 5. The Bertz CT molecular complexity index is 604. The zero-order valence-corrected chi connectivity index (χ0v) is 12.8. The molecule has 1 aromatic carbocycles. The summed E-state index contributed by atoms with van der Waals surface area (Å²) in [5, 5.41) is 6.93. The van der Waals surface area contributed by atoms with Crippen LogP contribution in [0.15, 0.2) is 36.5 Å². The van der Waals surface area contributed by atoms with E-state index in [9.17, 15) is 4.79 Å². The van der Waals surface area contributed by atoms with E-state index in [2.05, 4.69) is 10.2 Å². The van der Waals surface area contributed by atoms with Crippen molar-refractivity contribution in [3.63, 3.8) is 0 Å². The number of nitrogens with zero attached hydrogens (tertiary/aromatic N) is 2. The van der Waals surface area contributed by atoms with Crippen LogP contribution in [0.2, 0.25) is 0 Å². The van der Waals surface area contributed by atoms with Gasteiger partial charge < -0.3 is 10.6 Å². The van der Waals surface area contributed by atoms with Gasteiger partial charge in [-0.05, 0) is 12.0 Å². The van der Waals surface area contributed by atoms with Gasteiger partial charge in [0.15, 0.2) is 0 Å². The maximum Gasteiger partial charge on any atom is 0.257 e. The third kappa shape index (κ3) is 3.49. The number of carbonyl (C=O) groups is 1. The summed E-state index contributed by atoms with van der Waals surface area (Å²) in [6.07, 6.45) is 1.58. The maximum atomic E-state index is 12.6. The normalized spacial score (nSPS) is 11.4. The van der Waals surface area contributed by atoms with E-state index >= 15 is 0 Å². The fourth-order valence-corrected chi connectivity index (χ4v) is 2.26. The molecule has 0 radical (unpaired) electrons. The smallest absolute Gasteiger partial charge is 0.257 e. The Balaban J connectivity index is 2.23. The van der Waals surface area contributed by atoms with Crippen LogP contribution in [-0.4, -0.2) is 41.1 Å². The average Bonchev–Trinajstić information content (AvgIpc) is 2.96. The fourth-order valence-electron chi connectivity index (χ4n) is 2.26. The summed E-state index contributed by atoms with van der Waals surface area (Å²) in [7, 11) is 1.79. The van der Waals surface area contributed by atoms with Crippen molar-refractivity contribution in [1.82, 2.24) is 15.1 Å². The van der Waals surface area contributed by atoms with Crippen LogP contribution in [0.4, 0.5) is 0 Å². The van der Waals surface area contributed by atoms with Gasteiger partial charge in [0.2, 0.25) is 0 Å². The molecule has 0 spiro atoms. The van der Waals surface area contributed by atoms with Gasteiger partial charge in [-0.15, -0.1) is 0 Å². The summed E-state index contributed by atoms with van der Waals surface area (Å²) in [6.45, 7) is 5.22. The minimum atomic E-state index is -0.110. The van der Waals surface area contributed by atoms with E-state index in [1.54, 1.807) is 18.1 Å². The Hall–Kier alpha value is -2.14. The number of H-pyrrole nitrogens is 1. The summed E-state index contributed by atoms with van der Waals surface area (Å²) in [6, 6.07) is 9.72. The average molecular weight is 286 g/mol. The molecule has 0 aliphatic carbocycles. The van der Waals surface area contributed by atoms with Crippen LogP contribution < -0.4 is 5.73 Å². The van der Waals surface area contributed by atoms with Crippen LogP contribution in [0.3, 0.4) is 0 Å². The van der Waals surface area contributed by atoms with Gasteiger partial charge in [-0.3, -0.25) is 9.89 Å². The highest BCUT2D eigenvalue weighted by atomic mass is 16.2. The molecule has 1 amide bonds. The van der Waals surface area contributed by atoms with Gasteiger partial charge in [0, 0.05) is 19.2 Å². The van der Waals surface area contributed by atoms with Gasteiger partial charge >= 0.3 is 0 Å². The molecule has 0 fully saturated rings. The van der Waals surface area contributed by atoms with Crippen LogP contribution in [0.1, 0.15) is 24.2 Å². The quantitative estimate of drug-likeness (QED) is 0.884. The molecule has 0 unspecified atom stereocenters. The van der Waals surface area contributed by atoms with E-state index in [0.29, 0.717) is 18.7 Å². The van der Waals surface area contributed by atoms with Crippen molar-refractivity contribution in [3.05, 3.63) is 42.1 Å². The molecular weight excluding hydrogens is 264 g/mol. The van der Waals surface area contributed by atoms with E-state index in [1.165, 1.54) is 0 Å². The van der Waals surface area contributed by atoms with Crippen molar-refractivity contribution in [1.29, 1.82) is 0 Å². The molecule has 21 heavy (non-hydrogen) atoms. The second-order valence-corrected chi connectivity index (χ2v) is 6.05. The Morgan fingerprint density at radius 3 is 2.62 bits per heavy atom. The van der Waals surface area contributed by atoms with Gasteiger partial charge in [0.1, 0.15) is 0 Å². The number of aromatic nitrogens is 2. The Morgan fingerprint density at radius 2 is 2.00 bits per heavy atom. The second-order valence-electron chi connectivity index (χ2n) is 6.05. The largest absolute Gasteiger partial charge is 0.341 e. The lowest BCUT2D eigenvalue weighted by atomic mass is 9.93. The first-order valence-electron chi connectivity index (χ1n) is 6.99. The second kappa shape index (κ2) is 6.10. The van der Waals surface area contributed by atoms with Gasteiger partial charge in [-0.25, -0.2) is 0 Å². The maximum absolute atomic E-state index is 12.6. The Morgan fingerprint density at radius 1 is 1.33 bits per heavy atom. The molecule has 0 aliphatic heterocycles. The molecule has 0 atom stereocenters. The van der Waals surface area contributed by atoms with Crippen molar-refractivity contribution < 1.29 is 4.79 Å². The Labute approximate surface area is 125 Å². The predicted molar refractivity (Wildman–Crippen MR) is 83.8 cm³/mol. The summed E-state index contributed by atoms with van der Waals surface area (Å²) in [4.78, 5) is 14.3. The van der Waals surface area contributed by atoms with Crippen LogP contribution in [0, 0.1) is 5.41 Å². The standard InChI is InChI=1S/C16H22N4O/c1-16(2,10-17)11-20(3)15(21)13-9-18-19-14(13)12-7-5-4-6-8-12/h4-9H,10-11,17H2,1-3H3,(H,18,19). The van der Waals surface area contributed by atoms with Crippen LogP contribution in [0.5, 0.6) is 0 Å². The molecule has 112 valence electrons. The first kappa shape index (κ1) is 15.3. The van der Waals surface area contributed by atoms with Crippen LogP contribution in [-0.2, 0) is 0 Å². The van der Waals surface area contributed by atoms with E-state index in [4.69, 9.17) is 5.73 Å². The molecule has 0 saturated carbocycles. The molecular formula is C16H22N4O. The highest BCUT2D eigenvalue weighted by molar-refractivity contribution is 5.99. The lowest BCUT2D eigenvalue weighted by molar-refractivity contribution is 0.0741. The number of carbonyl (C=O) groups excluding carboxylic acids is 1. The molecule has 2 aromatic rings. The van der Waals surface area contributed by atoms with Gasteiger partial charge in [-0.1, -0.05) is 44.2 Å². The van der Waals surface area contributed by atoms with Crippen LogP contribution in [0.25, 0.3) is 11.3 Å². The number of aromatic amines is 1. The molecule has 5 heteroatoms. The van der Waals surface area contributed by atoms with E-state index in [1.807, 2.05) is 44.2 Å². The van der Waals surface area contributed by atoms with Crippen molar-refractivity contribution >= 4 is 5.91 Å². The number of amides is 1. The molecule has 1 heterocycles. The van der Waals surface area contributed by atoms with Gasteiger partial charge in [-0.2, -0.15) is 5.10 Å². The highest BCUT2D eigenvalue weighted by Gasteiger charge is 2.24. The van der Waals surface area contributed by atoms with Crippen molar-refractivity contribution in [2.24, 2.45) is 11.1 Å². The minimum Gasteiger partial charge on any atom is -0.341 e. The predicted octanol–water partition coefficient (Wildman–Crippen LogP) is 2.13. The first-order valence-corrected chi connectivity index (χ1v) is 6.99. The zero-order chi connectivity index (χ0) is 15.5. The van der Waals surface area contributed by atoms with Crippen molar-refractivity contribution in [3.8, 4) is 11.3 Å². The van der Waals surface area contributed by atoms with Gasteiger partial charge in [0.25, 0.3) is 5.91 Å². The number of benzene rings is 1. The monoisotopic (exact) mass is 286 g/mol. The summed E-state index contributed by atoms with van der Waals surface area (Å²) < 4.78 is 0. The third-order valence-electron chi connectivity index (χ3n) is 3.50. The number of nitrogens with two attached hydrogens (primary N) is 1. The first-order chi connectivity index (χ1) is 9.94. The molecule has 0 saturated heterocycles.